The van der Waals surface area contributed by atoms with E-state index in [9.17, 15) is 16.8 Å². The third-order valence-electron chi connectivity index (χ3n) is 1.26. The normalized spacial score (nSPS) is 15.6. The lowest BCUT2D eigenvalue weighted by Gasteiger charge is -2.09. The highest BCUT2D eigenvalue weighted by atomic mass is 32.2. The lowest BCUT2D eigenvalue weighted by molar-refractivity contribution is 0.431. The van der Waals surface area contributed by atoms with E-state index in [4.69, 9.17) is 4.55 Å². The maximum absolute atomic E-state index is 11.1. The molecule has 1 unspecified atom stereocenters. The third-order valence-corrected chi connectivity index (χ3v) is 3.93. The standard InChI is InChI=1S/C6H12O6S2/c1-3-4-12-14(10,11)6(2)5-13(7,8)9/h3-4,6H,5H2,1-2H3,(H,7,8,9). The van der Waals surface area contributed by atoms with Crippen molar-refractivity contribution in [2.45, 2.75) is 19.1 Å². The maximum atomic E-state index is 11.1. The molecule has 1 N–H and O–H groups in total. The average Bonchev–Trinajstić information content (AvgIpc) is 1.97. The molecule has 0 aliphatic carbocycles. The summed E-state index contributed by atoms with van der Waals surface area (Å²) in [4.78, 5) is 0. The van der Waals surface area contributed by atoms with Gasteiger partial charge in [0.05, 0.1) is 5.75 Å². The van der Waals surface area contributed by atoms with Gasteiger partial charge in [0.2, 0.25) is 0 Å². The van der Waals surface area contributed by atoms with Crippen LogP contribution in [0.15, 0.2) is 12.3 Å². The molecule has 0 aromatic heterocycles. The Kier molecular flexibility index (Phi) is 4.56. The predicted octanol–water partition coefficient (Wildman–Crippen LogP) is 0.143. The van der Waals surface area contributed by atoms with E-state index >= 15 is 0 Å². The highest BCUT2D eigenvalue weighted by Gasteiger charge is 2.26. The Balaban J connectivity index is 4.61. The molecule has 0 aliphatic heterocycles. The summed E-state index contributed by atoms with van der Waals surface area (Å²) in [6.45, 7) is 2.68. The first kappa shape index (κ1) is 13.4. The Morgan fingerprint density at radius 1 is 1.36 bits per heavy atom. The number of rotatable bonds is 5. The minimum absolute atomic E-state index is 0.882. The van der Waals surface area contributed by atoms with Crippen LogP contribution < -0.4 is 0 Å². The topological polar surface area (TPSA) is 97.7 Å². The van der Waals surface area contributed by atoms with Crippen LogP contribution in [0.3, 0.4) is 0 Å². The first-order valence-corrected chi connectivity index (χ1v) is 6.75. The van der Waals surface area contributed by atoms with Gasteiger partial charge in [-0.2, -0.15) is 16.8 Å². The van der Waals surface area contributed by atoms with Crippen molar-refractivity contribution < 1.29 is 25.6 Å². The van der Waals surface area contributed by atoms with Gasteiger partial charge in [-0.3, -0.25) is 4.55 Å². The largest absolute Gasteiger partial charge is 0.391 e. The Hall–Kier alpha value is -0.600. The molecule has 0 spiro atoms. The van der Waals surface area contributed by atoms with E-state index in [0.717, 1.165) is 13.2 Å². The molecule has 0 fully saturated rings. The molecule has 14 heavy (non-hydrogen) atoms. The molecule has 0 saturated carbocycles. The summed E-state index contributed by atoms with van der Waals surface area (Å²) in [6, 6.07) is 0. The average molecular weight is 244 g/mol. The van der Waals surface area contributed by atoms with Crippen molar-refractivity contribution in [2.24, 2.45) is 0 Å². The van der Waals surface area contributed by atoms with Gasteiger partial charge >= 0.3 is 10.1 Å². The second kappa shape index (κ2) is 4.76. The fraction of sp³-hybridized carbons (Fsp3) is 0.667. The van der Waals surface area contributed by atoms with Crippen LogP contribution in [0, 0.1) is 0 Å². The molecule has 0 radical (unpaired) electrons. The zero-order valence-electron chi connectivity index (χ0n) is 7.74. The van der Waals surface area contributed by atoms with E-state index in [2.05, 4.69) is 4.18 Å². The van der Waals surface area contributed by atoms with Crippen molar-refractivity contribution in [1.29, 1.82) is 0 Å². The predicted molar refractivity (Wildman–Crippen MR) is 50.7 cm³/mol. The minimum atomic E-state index is -4.31. The Bertz CT molecular complexity index is 390. The van der Waals surface area contributed by atoms with Gasteiger partial charge in [-0.25, -0.2) is 0 Å². The summed E-state index contributed by atoms with van der Waals surface area (Å²) in [7, 11) is -8.30. The zero-order chi connectivity index (χ0) is 11.4. The molecular formula is C6H12O6S2. The number of hydrogen-bond donors (Lipinski definition) is 1. The fourth-order valence-electron chi connectivity index (χ4n) is 0.608. The Morgan fingerprint density at radius 2 is 1.86 bits per heavy atom. The van der Waals surface area contributed by atoms with Crippen LogP contribution in [0.25, 0.3) is 0 Å². The summed E-state index contributed by atoms with van der Waals surface area (Å²) in [5.74, 6) is -0.882. The second-order valence-electron chi connectivity index (χ2n) is 2.62. The van der Waals surface area contributed by atoms with Gasteiger partial charge in [-0.1, -0.05) is 6.08 Å². The van der Waals surface area contributed by atoms with E-state index in [1.54, 1.807) is 6.92 Å². The fourth-order valence-corrected chi connectivity index (χ4v) is 2.84. The molecule has 1 atom stereocenters. The molecule has 6 nitrogen and oxygen atoms in total. The number of hydrogen-bond acceptors (Lipinski definition) is 5. The van der Waals surface area contributed by atoms with Crippen LogP contribution in [-0.4, -0.2) is 32.4 Å². The summed E-state index contributed by atoms with van der Waals surface area (Å²) in [6.07, 6.45) is 2.27. The van der Waals surface area contributed by atoms with Crippen molar-refractivity contribution in [3.8, 4) is 0 Å². The van der Waals surface area contributed by atoms with Gasteiger partial charge in [0, 0.05) is 0 Å². The molecule has 84 valence electrons. The molecule has 0 aliphatic rings. The van der Waals surface area contributed by atoms with E-state index in [1.807, 2.05) is 0 Å². The first-order chi connectivity index (χ1) is 6.19. The van der Waals surface area contributed by atoms with Crippen LogP contribution >= 0.6 is 0 Å². The van der Waals surface area contributed by atoms with Crippen molar-refractivity contribution >= 4 is 20.2 Å². The SMILES string of the molecule is CC=COS(=O)(=O)C(C)CS(=O)(=O)O. The van der Waals surface area contributed by atoms with Gasteiger partial charge in [-0.05, 0) is 13.8 Å². The molecular weight excluding hydrogens is 232 g/mol. The van der Waals surface area contributed by atoms with Gasteiger partial charge in [-0.15, -0.1) is 0 Å². The van der Waals surface area contributed by atoms with Crippen LogP contribution in [0.1, 0.15) is 13.8 Å². The second-order valence-corrected chi connectivity index (χ2v) is 6.10. The molecule has 0 aromatic rings. The first-order valence-electron chi connectivity index (χ1n) is 3.67. The molecule has 8 heteroatoms. The summed E-state index contributed by atoms with van der Waals surface area (Å²) >= 11 is 0. The molecule has 0 aromatic carbocycles. The highest BCUT2D eigenvalue weighted by molar-refractivity contribution is 7.90. The van der Waals surface area contributed by atoms with E-state index in [-0.39, 0.29) is 0 Å². The summed E-state index contributed by atoms with van der Waals surface area (Å²) < 4.78 is 55.7. The maximum Gasteiger partial charge on any atom is 0.312 e. The van der Waals surface area contributed by atoms with E-state index in [1.165, 1.54) is 6.08 Å². The summed E-state index contributed by atoms with van der Waals surface area (Å²) in [5.41, 5.74) is 0. The third kappa shape index (κ3) is 5.20. The summed E-state index contributed by atoms with van der Waals surface area (Å²) in [5, 5.41) is -1.31. The van der Waals surface area contributed by atoms with Crippen molar-refractivity contribution in [3.63, 3.8) is 0 Å². The molecule has 0 rings (SSSR count). The minimum Gasteiger partial charge on any atom is -0.391 e. The number of allylic oxidation sites excluding steroid dienone is 1. The van der Waals surface area contributed by atoms with Crippen LogP contribution in [-0.2, 0) is 24.4 Å². The molecule has 0 amide bonds. The van der Waals surface area contributed by atoms with Crippen LogP contribution in [0.4, 0.5) is 0 Å². The van der Waals surface area contributed by atoms with Crippen molar-refractivity contribution in [3.05, 3.63) is 12.3 Å². The lowest BCUT2D eigenvalue weighted by atomic mass is 10.6. The molecule has 0 saturated heterocycles. The lowest BCUT2D eigenvalue weighted by Crippen LogP contribution is -2.27. The van der Waals surface area contributed by atoms with Gasteiger partial charge in [0.15, 0.2) is 0 Å². The zero-order valence-corrected chi connectivity index (χ0v) is 9.38. The highest BCUT2D eigenvalue weighted by Crippen LogP contribution is 2.06. The smallest absolute Gasteiger partial charge is 0.312 e. The van der Waals surface area contributed by atoms with Crippen molar-refractivity contribution in [2.75, 3.05) is 5.75 Å². The van der Waals surface area contributed by atoms with Gasteiger partial charge in [0.1, 0.15) is 11.5 Å². The molecule has 0 heterocycles. The van der Waals surface area contributed by atoms with E-state index in [0.29, 0.717) is 0 Å². The van der Waals surface area contributed by atoms with E-state index < -0.39 is 31.2 Å². The van der Waals surface area contributed by atoms with Gasteiger partial charge < -0.3 is 4.18 Å². The van der Waals surface area contributed by atoms with Crippen LogP contribution in [0.2, 0.25) is 0 Å². The molecule has 0 bridgehead atoms. The van der Waals surface area contributed by atoms with Crippen molar-refractivity contribution in [1.82, 2.24) is 0 Å². The Labute approximate surface area is 83.5 Å². The monoisotopic (exact) mass is 244 g/mol. The van der Waals surface area contributed by atoms with Gasteiger partial charge in [0.25, 0.3) is 10.1 Å². The quantitative estimate of drug-likeness (QED) is 0.420. The Morgan fingerprint density at radius 3 is 2.21 bits per heavy atom. The van der Waals surface area contributed by atoms with Crippen LogP contribution in [0.5, 0.6) is 0 Å².